The quantitative estimate of drug-likeness (QED) is 0.582. The van der Waals surface area contributed by atoms with Crippen LogP contribution in [0.4, 0.5) is 0 Å². The SMILES string of the molecule is CC(=N/C(C)=C(\C)C(C)C)C(C)C. The fourth-order valence-corrected chi connectivity index (χ4v) is 0.900. The standard InChI is InChI=1S/C12H23N/c1-8(2)10(5)12(7)13-11(6)9(3)4/h8-9H,1-7H3/b12-10+,13-11?. The fraction of sp³-hybridized carbons (Fsp3) is 0.750. The lowest BCUT2D eigenvalue weighted by molar-refractivity contribution is 0.752. The van der Waals surface area contributed by atoms with Gasteiger partial charge in [-0.2, -0.15) is 0 Å². The zero-order valence-corrected chi connectivity index (χ0v) is 10.1. The van der Waals surface area contributed by atoms with Crippen LogP contribution in [-0.4, -0.2) is 5.71 Å². The highest BCUT2D eigenvalue weighted by Crippen LogP contribution is 2.15. The highest BCUT2D eigenvalue weighted by molar-refractivity contribution is 5.84. The van der Waals surface area contributed by atoms with Crippen molar-refractivity contribution in [1.82, 2.24) is 0 Å². The largest absolute Gasteiger partial charge is 0.263 e. The molecule has 0 N–H and O–H groups in total. The predicted octanol–water partition coefficient (Wildman–Crippen LogP) is 4.05. The number of hydrogen-bond acceptors (Lipinski definition) is 1. The molecule has 0 radical (unpaired) electrons. The Balaban J connectivity index is 4.71. The maximum absolute atomic E-state index is 4.59. The van der Waals surface area contributed by atoms with Crippen molar-refractivity contribution in [3.8, 4) is 0 Å². The summed E-state index contributed by atoms with van der Waals surface area (Å²) in [5.41, 5.74) is 3.79. The number of aliphatic imine (C=N–C) groups is 1. The Morgan fingerprint density at radius 3 is 1.62 bits per heavy atom. The first-order valence-electron chi connectivity index (χ1n) is 5.08. The van der Waals surface area contributed by atoms with Gasteiger partial charge in [0.1, 0.15) is 0 Å². The second-order valence-corrected chi connectivity index (χ2v) is 4.33. The third-order valence-electron chi connectivity index (χ3n) is 2.62. The molecule has 0 aliphatic heterocycles. The van der Waals surface area contributed by atoms with E-state index in [0.29, 0.717) is 11.8 Å². The highest BCUT2D eigenvalue weighted by Gasteiger charge is 2.02. The summed E-state index contributed by atoms with van der Waals surface area (Å²) in [5.74, 6) is 1.15. The molecule has 0 atom stereocenters. The van der Waals surface area contributed by atoms with Crippen molar-refractivity contribution >= 4 is 5.71 Å². The maximum Gasteiger partial charge on any atom is 0.0363 e. The van der Waals surface area contributed by atoms with Gasteiger partial charge in [0.15, 0.2) is 0 Å². The van der Waals surface area contributed by atoms with Crippen LogP contribution in [0.1, 0.15) is 48.5 Å². The molecule has 0 amide bonds. The molecule has 0 saturated heterocycles. The Morgan fingerprint density at radius 1 is 0.846 bits per heavy atom. The molecule has 0 rings (SSSR count). The molecule has 0 aliphatic carbocycles. The van der Waals surface area contributed by atoms with E-state index in [1.54, 1.807) is 0 Å². The van der Waals surface area contributed by atoms with E-state index >= 15 is 0 Å². The summed E-state index contributed by atoms with van der Waals surface area (Å²) >= 11 is 0. The first-order valence-corrected chi connectivity index (χ1v) is 5.08. The Bertz CT molecular complexity index is 219. The van der Waals surface area contributed by atoms with E-state index in [-0.39, 0.29) is 0 Å². The Kier molecular flexibility index (Phi) is 4.97. The normalized spacial score (nSPS) is 15.3. The van der Waals surface area contributed by atoms with Crippen molar-refractivity contribution in [3.05, 3.63) is 11.3 Å². The third-order valence-corrected chi connectivity index (χ3v) is 2.62. The fourth-order valence-electron chi connectivity index (χ4n) is 0.900. The lowest BCUT2D eigenvalue weighted by Gasteiger charge is -2.09. The molecule has 0 fully saturated rings. The maximum atomic E-state index is 4.59. The van der Waals surface area contributed by atoms with Gasteiger partial charge in [0, 0.05) is 11.4 Å². The summed E-state index contributed by atoms with van der Waals surface area (Å²) in [5, 5.41) is 0. The Morgan fingerprint density at radius 2 is 1.31 bits per heavy atom. The number of allylic oxidation sites excluding steroid dienone is 2. The molecule has 0 aromatic carbocycles. The van der Waals surface area contributed by atoms with Gasteiger partial charge in [-0.1, -0.05) is 27.7 Å². The van der Waals surface area contributed by atoms with E-state index < -0.39 is 0 Å². The second kappa shape index (κ2) is 5.21. The molecule has 76 valence electrons. The average Bonchev–Trinajstić information content (AvgIpc) is 2.02. The molecule has 13 heavy (non-hydrogen) atoms. The lowest BCUT2D eigenvalue weighted by atomic mass is 10.0. The first kappa shape index (κ1) is 12.4. The van der Waals surface area contributed by atoms with Crippen LogP contribution >= 0.6 is 0 Å². The average molecular weight is 181 g/mol. The van der Waals surface area contributed by atoms with Gasteiger partial charge in [-0.05, 0) is 38.2 Å². The molecule has 0 aromatic rings. The molecular weight excluding hydrogens is 158 g/mol. The zero-order valence-electron chi connectivity index (χ0n) is 10.1. The lowest BCUT2D eigenvalue weighted by Crippen LogP contribution is -2.03. The number of nitrogens with zero attached hydrogens (tertiary/aromatic N) is 1. The Labute approximate surface area is 83.0 Å². The van der Waals surface area contributed by atoms with Crippen molar-refractivity contribution in [3.63, 3.8) is 0 Å². The monoisotopic (exact) mass is 181 g/mol. The molecule has 0 aromatic heterocycles. The molecule has 0 heterocycles. The van der Waals surface area contributed by atoms with Gasteiger partial charge in [-0.25, -0.2) is 0 Å². The molecule has 0 spiro atoms. The van der Waals surface area contributed by atoms with Gasteiger partial charge >= 0.3 is 0 Å². The molecule has 1 heteroatoms. The van der Waals surface area contributed by atoms with Gasteiger partial charge in [-0.15, -0.1) is 0 Å². The van der Waals surface area contributed by atoms with E-state index in [4.69, 9.17) is 0 Å². The molecule has 1 nitrogen and oxygen atoms in total. The van der Waals surface area contributed by atoms with Gasteiger partial charge in [-0.3, -0.25) is 4.99 Å². The van der Waals surface area contributed by atoms with Gasteiger partial charge < -0.3 is 0 Å². The summed E-state index contributed by atoms with van der Waals surface area (Å²) in [6.45, 7) is 15.1. The summed E-state index contributed by atoms with van der Waals surface area (Å²) in [4.78, 5) is 4.59. The van der Waals surface area contributed by atoms with Crippen LogP contribution in [0.3, 0.4) is 0 Å². The molecule has 0 bridgehead atoms. The van der Waals surface area contributed by atoms with E-state index in [1.807, 2.05) is 0 Å². The second-order valence-electron chi connectivity index (χ2n) is 4.33. The van der Waals surface area contributed by atoms with Crippen molar-refractivity contribution in [2.24, 2.45) is 16.8 Å². The molecule has 0 aliphatic rings. The molecule has 0 unspecified atom stereocenters. The summed E-state index contributed by atoms with van der Waals surface area (Å²) in [6.07, 6.45) is 0. The highest BCUT2D eigenvalue weighted by atomic mass is 14.8. The smallest absolute Gasteiger partial charge is 0.0363 e. The number of rotatable bonds is 3. The minimum Gasteiger partial charge on any atom is -0.263 e. The van der Waals surface area contributed by atoms with Crippen LogP contribution in [0.25, 0.3) is 0 Å². The van der Waals surface area contributed by atoms with E-state index in [0.717, 1.165) is 0 Å². The minimum absolute atomic E-state index is 0.551. The minimum atomic E-state index is 0.551. The predicted molar refractivity (Wildman–Crippen MR) is 61.2 cm³/mol. The van der Waals surface area contributed by atoms with Gasteiger partial charge in [0.25, 0.3) is 0 Å². The van der Waals surface area contributed by atoms with E-state index in [1.165, 1.54) is 17.0 Å². The molecule has 0 saturated carbocycles. The zero-order chi connectivity index (χ0) is 10.6. The van der Waals surface area contributed by atoms with Crippen molar-refractivity contribution < 1.29 is 0 Å². The summed E-state index contributed by atoms with van der Waals surface area (Å²) in [6, 6.07) is 0. The van der Waals surface area contributed by atoms with Gasteiger partial charge in [0.05, 0.1) is 0 Å². The first-order chi connectivity index (χ1) is 5.86. The van der Waals surface area contributed by atoms with Crippen LogP contribution in [-0.2, 0) is 0 Å². The van der Waals surface area contributed by atoms with Crippen LogP contribution in [0, 0.1) is 11.8 Å². The topological polar surface area (TPSA) is 12.4 Å². The van der Waals surface area contributed by atoms with Gasteiger partial charge in [0.2, 0.25) is 0 Å². The van der Waals surface area contributed by atoms with Crippen LogP contribution < -0.4 is 0 Å². The summed E-state index contributed by atoms with van der Waals surface area (Å²) in [7, 11) is 0. The van der Waals surface area contributed by atoms with Crippen molar-refractivity contribution in [2.45, 2.75) is 48.5 Å². The van der Waals surface area contributed by atoms with Crippen molar-refractivity contribution in [2.75, 3.05) is 0 Å². The Hall–Kier alpha value is -0.590. The van der Waals surface area contributed by atoms with Crippen molar-refractivity contribution in [1.29, 1.82) is 0 Å². The van der Waals surface area contributed by atoms with Crippen LogP contribution in [0.2, 0.25) is 0 Å². The van der Waals surface area contributed by atoms with Crippen LogP contribution in [0.5, 0.6) is 0 Å². The molecular formula is C12H23N. The summed E-state index contributed by atoms with van der Waals surface area (Å²) < 4.78 is 0. The van der Waals surface area contributed by atoms with Crippen LogP contribution in [0.15, 0.2) is 16.3 Å². The third kappa shape index (κ3) is 4.25. The van der Waals surface area contributed by atoms with E-state index in [2.05, 4.69) is 53.5 Å². The van der Waals surface area contributed by atoms with E-state index in [9.17, 15) is 0 Å². The number of hydrogen-bond donors (Lipinski definition) is 0.